The van der Waals surface area contributed by atoms with Gasteiger partial charge in [0.2, 0.25) is 0 Å². The molecule has 0 rings (SSSR count). The molecule has 4 heteroatoms. The molecule has 0 aliphatic heterocycles. The first-order chi connectivity index (χ1) is 5.31. The lowest BCUT2D eigenvalue weighted by Gasteiger charge is -1.93. The molecule has 11 heavy (non-hydrogen) atoms. The summed E-state index contributed by atoms with van der Waals surface area (Å²) in [6.07, 6.45) is 4.25. The first kappa shape index (κ1) is 9.85. The number of carbonyl (C=O) groups is 1. The number of unbranched alkanes of at least 4 members (excludes halogenated alkanes) is 2. The minimum absolute atomic E-state index is 0.318. The summed E-state index contributed by atoms with van der Waals surface area (Å²) in [5.41, 5.74) is 0. The highest BCUT2D eigenvalue weighted by atomic mass is 16.7. The summed E-state index contributed by atoms with van der Waals surface area (Å²) in [6.45, 7) is 2.04. The van der Waals surface area contributed by atoms with Crippen LogP contribution in [-0.2, 0) is 14.4 Å². The molecule has 0 fully saturated rings. The molecule has 0 N–H and O–H groups in total. The van der Waals surface area contributed by atoms with Gasteiger partial charge >= 0.3 is 5.97 Å². The lowest BCUT2D eigenvalue weighted by Crippen LogP contribution is -1.98. The van der Waals surface area contributed by atoms with E-state index in [2.05, 4.69) is 9.99 Å². The van der Waals surface area contributed by atoms with E-state index in [1.165, 1.54) is 0 Å². The number of rotatable bonds is 5. The fraction of sp³-hybridized carbons (Fsp3) is 0.714. The highest BCUT2D eigenvalue weighted by Gasteiger charge is 2.00. The first-order valence-corrected chi connectivity index (χ1v) is 3.58. The minimum Gasteiger partial charge on any atom is -0.307 e. The van der Waals surface area contributed by atoms with Crippen LogP contribution in [0.2, 0.25) is 0 Å². The number of nitrogens with zero attached hydrogens (tertiary/aromatic N) is 1. The van der Waals surface area contributed by atoms with Gasteiger partial charge in [-0.05, 0) is 6.42 Å². The van der Waals surface area contributed by atoms with Crippen molar-refractivity contribution in [1.29, 1.82) is 0 Å². The molecule has 4 nitrogen and oxygen atoms in total. The summed E-state index contributed by atoms with van der Waals surface area (Å²) < 4.78 is 0. The van der Waals surface area contributed by atoms with Crippen LogP contribution in [0.1, 0.15) is 32.6 Å². The van der Waals surface area contributed by atoms with Gasteiger partial charge in [-0.25, -0.2) is 9.59 Å². The van der Waals surface area contributed by atoms with Gasteiger partial charge in [0.15, 0.2) is 0 Å². The molecule has 0 saturated carbocycles. The largest absolute Gasteiger partial charge is 0.336 e. The van der Waals surface area contributed by atoms with Crippen LogP contribution >= 0.6 is 0 Å². The maximum absolute atomic E-state index is 10.6. The molecule has 0 aliphatic carbocycles. The van der Waals surface area contributed by atoms with E-state index < -0.39 is 5.97 Å². The van der Waals surface area contributed by atoms with E-state index in [1.807, 2.05) is 6.92 Å². The zero-order valence-corrected chi connectivity index (χ0v) is 6.50. The highest BCUT2D eigenvalue weighted by molar-refractivity contribution is 5.69. The van der Waals surface area contributed by atoms with Gasteiger partial charge in [0.25, 0.3) is 6.08 Å². The van der Waals surface area contributed by atoms with Crippen LogP contribution in [0.4, 0.5) is 0 Å². The normalized spacial score (nSPS) is 8.45. The molecule has 0 unspecified atom stereocenters. The van der Waals surface area contributed by atoms with E-state index in [9.17, 15) is 9.59 Å². The Labute approximate surface area is 65.2 Å². The zero-order valence-electron chi connectivity index (χ0n) is 6.50. The molecule has 0 amide bonds. The topological polar surface area (TPSA) is 55.7 Å². The average Bonchev–Trinajstić information content (AvgIpc) is 2.01. The number of hydrogen-bond donors (Lipinski definition) is 0. The molecule has 0 aromatic rings. The fourth-order valence-electron chi connectivity index (χ4n) is 0.635. The summed E-state index contributed by atoms with van der Waals surface area (Å²) in [6, 6.07) is 0. The fourth-order valence-corrected chi connectivity index (χ4v) is 0.635. The first-order valence-electron chi connectivity index (χ1n) is 3.58. The quantitative estimate of drug-likeness (QED) is 0.199. The Morgan fingerprint density at radius 1 is 1.55 bits per heavy atom. The summed E-state index contributed by atoms with van der Waals surface area (Å²) >= 11 is 0. The van der Waals surface area contributed by atoms with E-state index in [4.69, 9.17) is 0 Å². The minimum atomic E-state index is -0.471. The third kappa shape index (κ3) is 6.74. The molecule has 0 radical (unpaired) electrons. The van der Waals surface area contributed by atoms with Crippen molar-refractivity contribution >= 4 is 12.0 Å². The second-order valence-electron chi connectivity index (χ2n) is 2.10. The van der Waals surface area contributed by atoms with Crippen molar-refractivity contribution in [3.8, 4) is 0 Å². The number of isocyanates is 1. The van der Waals surface area contributed by atoms with E-state index in [0.29, 0.717) is 6.42 Å². The van der Waals surface area contributed by atoms with Crippen molar-refractivity contribution in [3.05, 3.63) is 0 Å². The maximum Gasteiger partial charge on any atom is 0.336 e. The van der Waals surface area contributed by atoms with Gasteiger partial charge in [-0.3, -0.25) is 0 Å². The molecule has 0 aliphatic rings. The average molecular weight is 157 g/mol. The predicted molar refractivity (Wildman–Crippen MR) is 38.4 cm³/mol. The monoisotopic (exact) mass is 157 g/mol. The standard InChI is InChI=1S/C7H11NO3/c1-2-3-4-5-7(10)11-8-6-9/h2-5H2,1H3. The lowest BCUT2D eigenvalue weighted by atomic mass is 10.2. The van der Waals surface area contributed by atoms with Crippen molar-refractivity contribution in [2.24, 2.45) is 5.16 Å². The number of carbonyl (C=O) groups excluding carboxylic acids is 2. The summed E-state index contributed by atoms with van der Waals surface area (Å²) in [5, 5.41) is 2.70. The summed E-state index contributed by atoms with van der Waals surface area (Å²) in [7, 11) is 0. The third-order valence-electron chi connectivity index (χ3n) is 1.17. The smallest absolute Gasteiger partial charge is 0.307 e. The van der Waals surface area contributed by atoms with Gasteiger partial charge in [0, 0.05) is 11.6 Å². The molecule has 62 valence electrons. The Kier molecular flexibility index (Phi) is 6.24. The molecular weight excluding hydrogens is 146 g/mol. The van der Waals surface area contributed by atoms with Crippen molar-refractivity contribution in [1.82, 2.24) is 0 Å². The predicted octanol–water partition coefficient (Wildman–Crippen LogP) is 1.36. The molecule has 0 heterocycles. The molecule has 0 aromatic heterocycles. The van der Waals surface area contributed by atoms with Crippen LogP contribution < -0.4 is 0 Å². The van der Waals surface area contributed by atoms with E-state index in [-0.39, 0.29) is 0 Å². The van der Waals surface area contributed by atoms with Crippen LogP contribution in [0, 0.1) is 0 Å². The lowest BCUT2D eigenvalue weighted by molar-refractivity contribution is -0.143. The Balaban J connectivity index is 3.29. The summed E-state index contributed by atoms with van der Waals surface area (Å²) in [5.74, 6) is -0.471. The SMILES string of the molecule is CCCCCC(=O)ON=C=O. The Morgan fingerprint density at radius 2 is 2.27 bits per heavy atom. The van der Waals surface area contributed by atoms with Crippen LogP contribution in [0.15, 0.2) is 5.16 Å². The zero-order chi connectivity index (χ0) is 8.53. The second kappa shape index (κ2) is 6.96. The van der Waals surface area contributed by atoms with E-state index in [1.54, 1.807) is 0 Å². The Bertz CT molecular complexity index is 161. The number of hydrogen-bond acceptors (Lipinski definition) is 4. The molecular formula is C7H11NO3. The molecule has 0 spiro atoms. The van der Waals surface area contributed by atoms with Gasteiger partial charge in [0.05, 0.1) is 0 Å². The van der Waals surface area contributed by atoms with E-state index >= 15 is 0 Å². The van der Waals surface area contributed by atoms with Gasteiger partial charge in [-0.2, -0.15) is 0 Å². The third-order valence-corrected chi connectivity index (χ3v) is 1.17. The maximum atomic E-state index is 10.6. The highest BCUT2D eigenvalue weighted by Crippen LogP contribution is 1.99. The van der Waals surface area contributed by atoms with Crippen molar-refractivity contribution in [2.75, 3.05) is 0 Å². The Hall–Kier alpha value is -1.15. The van der Waals surface area contributed by atoms with Crippen LogP contribution in [0.3, 0.4) is 0 Å². The molecule has 0 atom stereocenters. The van der Waals surface area contributed by atoms with Gasteiger partial charge in [-0.1, -0.05) is 19.8 Å². The van der Waals surface area contributed by atoms with Gasteiger partial charge in [-0.15, -0.1) is 0 Å². The van der Waals surface area contributed by atoms with Crippen LogP contribution in [0.25, 0.3) is 0 Å². The van der Waals surface area contributed by atoms with E-state index in [0.717, 1.165) is 25.3 Å². The van der Waals surface area contributed by atoms with Gasteiger partial charge in [0.1, 0.15) is 0 Å². The van der Waals surface area contributed by atoms with Gasteiger partial charge < -0.3 is 4.84 Å². The van der Waals surface area contributed by atoms with Crippen molar-refractivity contribution in [2.45, 2.75) is 32.6 Å². The van der Waals surface area contributed by atoms with Crippen LogP contribution in [0.5, 0.6) is 0 Å². The van der Waals surface area contributed by atoms with Crippen LogP contribution in [-0.4, -0.2) is 12.0 Å². The Morgan fingerprint density at radius 3 is 2.82 bits per heavy atom. The second-order valence-corrected chi connectivity index (χ2v) is 2.10. The molecule has 0 aromatic carbocycles. The molecule has 0 bridgehead atoms. The van der Waals surface area contributed by atoms with Crippen molar-refractivity contribution < 1.29 is 14.4 Å². The summed E-state index contributed by atoms with van der Waals surface area (Å²) in [4.78, 5) is 24.2. The molecule has 0 saturated heterocycles. The van der Waals surface area contributed by atoms with Crippen molar-refractivity contribution in [3.63, 3.8) is 0 Å².